The van der Waals surface area contributed by atoms with E-state index in [1.165, 1.54) is 12.1 Å². The van der Waals surface area contributed by atoms with Gasteiger partial charge in [-0.1, -0.05) is 12.2 Å². The largest absolute Gasteiger partial charge is 0.325 e. The standard InChI is InChI=1S/C10H11F2N/c1-7(13)2-3-8-4-5-9(11)6-10(8)12/h2-7H,13H2,1H3/b3-2+. The zero-order valence-corrected chi connectivity index (χ0v) is 7.30. The van der Waals surface area contributed by atoms with E-state index in [1.54, 1.807) is 19.1 Å². The van der Waals surface area contributed by atoms with Crippen LogP contribution in [-0.4, -0.2) is 6.04 Å². The molecule has 0 bridgehead atoms. The smallest absolute Gasteiger partial charge is 0.133 e. The van der Waals surface area contributed by atoms with Crippen molar-refractivity contribution in [3.8, 4) is 0 Å². The highest BCUT2D eigenvalue weighted by atomic mass is 19.1. The second-order valence-electron chi connectivity index (χ2n) is 2.88. The Morgan fingerprint density at radius 1 is 1.38 bits per heavy atom. The number of benzene rings is 1. The third-order valence-corrected chi connectivity index (χ3v) is 1.54. The van der Waals surface area contributed by atoms with Gasteiger partial charge < -0.3 is 5.73 Å². The molecule has 0 saturated carbocycles. The molecule has 13 heavy (non-hydrogen) atoms. The SMILES string of the molecule is CC(N)/C=C/c1ccc(F)cc1F. The number of hydrogen-bond acceptors (Lipinski definition) is 1. The van der Waals surface area contributed by atoms with Crippen LogP contribution in [0.4, 0.5) is 8.78 Å². The topological polar surface area (TPSA) is 26.0 Å². The molecule has 3 heteroatoms. The van der Waals surface area contributed by atoms with Gasteiger partial charge in [0.1, 0.15) is 11.6 Å². The first-order chi connectivity index (χ1) is 6.09. The van der Waals surface area contributed by atoms with Gasteiger partial charge in [0.25, 0.3) is 0 Å². The molecule has 0 amide bonds. The van der Waals surface area contributed by atoms with Gasteiger partial charge in [0.15, 0.2) is 0 Å². The Kier molecular flexibility index (Phi) is 3.14. The van der Waals surface area contributed by atoms with Crippen LogP contribution in [0.25, 0.3) is 6.08 Å². The summed E-state index contributed by atoms with van der Waals surface area (Å²) in [6, 6.07) is 3.30. The van der Waals surface area contributed by atoms with E-state index in [9.17, 15) is 8.78 Å². The third-order valence-electron chi connectivity index (χ3n) is 1.54. The van der Waals surface area contributed by atoms with E-state index in [1.807, 2.05) is 0 Å². The van der Waals surface area contributed by atoms with Crippen molar-refractivity contribution >= 4 is 6.08 Å². The predicted octanol–water partition coefficient (Wildman–Crippen LogP) is 2.33. The lowest BCUT2D eigenvalue weighted by atomic mass is 10.1. The van der Waals surface area contributed by atoms with Crippen molar-refractivity contribution in [2.75, 3.05) is 0 Å². The van der Waals surface area contributed by atoms with Gasteiger partial charge in [-0.2, -0.15) is 0 Å². The van der Waals surface area contributed by atoms with Crippen molar-refractivity contribution in [3.05, 3.63) is 41.5 Å². The Balaban J connectivity index is 2.90. The molecule has 0 aliphatic carbocycles. The maximum Gasteiger partial charge on any atom is 0.133 e. The molecule has 1 aromatic rings. The summed E-state index contributed by atoms with van der Waals surface area (Å²) in [5.41, 5.74) is 5.78. The number of rotatable bonds is 2. The van der Waals surface area contributed by atoms with E-state index in [-0.39, 0.29) is 6.04 Å². The summed E-state index contributed by atoms with van der Waals surface area (Å²) in [5, 5.41) is 0. The second-order valence-corrected chi connectivity index (χ2v) is 2.88. The highest BCUT2D eigenvalue weighted by molar-refractivity contribution is 5.50. The molecule has 0 saturated heterocycles. The summed E-state index contributed by atoms with van der Waals surface area (Å²) in [7, 11) is 0. The first-order valence-electron chi connectivity index (χ1n) is 3.98. The molecule has 1 rings (SSSR count). The van der Waals surface area contributed by atoms with Crippen LogP contribution in [0.3, 0.4) is 0 Å². The van der Waals surface area contributed by atoms with Gasteiger partial charge in [0.05, 0.1) is 0 Å². The van der Waals surface area contributed by atoms with Crippen LogP contribution in [0, 0.1) is 11.6 Å². The van der Waals surface area contributed by atoms with E-state index in [0.29, 0.717) is 5.56 Å². The monoisotopic (exact) mass is 183 g/mol. The molecule has 1 unspecified atom stereocenters. The van der Waals surface area contributed by atoms with Crippen molar-refractivity contribution < 1.29 is 8.78 Å². The average Bonchev–Trinajstić information content (AvgIpc) is 2.02. The average molecular weight is 183 g/mol. The van der Waals surface area contributed by atoms with E-state index >= 15 is 0 Å². The minimum absolute atomic E-state index is 0.135. The fourth-order valence-electron chi connectivity index (χ4n) is 0.892. The van der Waals surface area contributed by atoms with Gasteiger partial charge in [-0.15, -0.1) is 0 Å². The first-order valence-corrected chi connectivity index (χ1v) is 3.98. The summed E-state index contributed by atoms with van der Waals surface area (Å²) in [6.07, 6.45) is 3.19. The molecule has 0 aliphatic heterocycles. The molecule has 0 fully saturated rings. The lowest BCUT2D eigenvalue weighted by Crippen LogP contribution is -2.09. The molecule has 0 aliphatic rings. The summed E-state index contributed by atoms with van der Waals surface area (Å²) in [4.78, 5) is 0. The Bertz CT molecular complexity index is 319. The first kappa shape index (κ1) is 9.86. The summed E-state index contributed by atoms with van der Waals surface area (Å²) in [5.74, 6) is -1.15. The minimum Gasteiger partial charge on any atom is -0.325 e. The molecule has 2 N–H and O–H groups in total. The molecule has 0 heterocycles. The normalized spacial score (nSPS) is 13.5. The fourth-order valence-corrected chi connectivity index (χ4v) is 0.892. The maximum atomic E-state index is 13.0. The van der Waals surface area contributed by atoms with Gasteiger partial charge in [-0.05, 0) is 19.1 Å². The van der Waals surface area contributed by atoms with Gasteiger partial charge in [-0.25, -0.2) is 8.78 Å². The van der Waals surface area contributed by atoms with Gasteiger partial charge in [0, 0.05) is 17.7 Å². The highest BCUT2D eigenvalue weighted by Crippen LogP contribution is 2.11. The van der Waals surface area contributed by atoms with Crippen molar-refractivity contribution in [1.29, 1.82) is 0 Å². The zero-order chi connectivity index (χ0) is 9.84. The zero-order valence-electron chi connectivity index (χ0n) is 7.30. The van der Waals surface area contributed by atoms with E-state index in [0.717, 1.165) is 6.07 Å². The van der Waals surface area contributed by atoms with Gasteiger partial charge in [-0.3, -0.25) is 0 Å². The minimum atomic E-state index is -0.574. The molecule has 1 aromatic carbocycles. The van der Waals surface area contributed by atoms with Gasteiger partial charge >= 0.3 is 0 Å². The molecule has 0 radical (unpaired) electrons. The fraction of sp³-hybridized carbons (Fsp3) is 0.200. The quantitative estimate of drug-likeness (QED) is 0.748. The molecule has 70 valence electrons. The van der Waals surface area contributed by atoms with E-state index in [2.05, 4.69) is 0 Å². The van der Waals surface area contributed by atoms with Crippen LogP contribution < -0.4 is 5.73 Å². The lowest BCUT2D eigenvalue weighted by molar-refractivity contribution is 0.581. The molecular formula is C10H11F2N. The third kappa shape index (κ3) is 2.95. The molecular weight excluding hydrogens is 172 g/mol. The molecule has 1 atom stereocenters. The highest BCUT2D eigenvalue weighted by Gasteiger charge is 1.99. The lowest BCUT2D eigenvalue weighted by Gasteiger charge is -1.98. The van der Waals surface area contributed by atoms with E-state index < -0.39 is 11.6 Å². The Morgan fingerprint density at radius 2 is 2.08 bits per heavy atom. The summed E-state index contributed by atoms with van der Waals surface area (Å²) >= 11 is 0. The Labute approximate surface area is 75.9 Å². The van der Waals surface area contributed by atoms with Crippen LogP contribution in [-0.2, 0) is 0 Å². The number of halogens is 2. The number of nitrogens with two attached hydrogens (primary N) is 1. The second kappa shape index (κ2) is 4.14. The summed E-state index contributed by atoms with van der Waals surface area (Å²) < 4.78 is 25.4. The molecule has 0 spiro atoms. The van der Waals surface area contributed by atoms with Crippen molar-refractivity contribution in [1.82, 2.24) is 0 Å². The maximum absolute atomic E-state index is 13.0. The van der Waals surface area contributed by atoms with Crippen LogP contribution in [0.2, 0.25) is 0 Å². The molecule has 1 nitrogen and oxygen atoms in total. The van der Waals surface area contributed by atoms with Crippen LogP contribution in [0.5, 0.6) is 0 Å². The van der Waals surface area contributed by atoms with E-state index in [4.69, 9.17) is 5.73 Å². The van der Waals surface area contributed by atoms with Crippen LogP contribution in [0.1, 0.15) is 12.5 Å². The Hall–Kier alpha value is -1.22. The summed E-state index contributed by atoms with van der Waals surface area (Å²) in [6.45, 7) is 1.78. The van der Waals surface area contributed by atoms with Crippen molar-refractivity contribution in [2.24, 2.45) is 5.73 Å². The number of hydrogen-bond donors (Lipinski definition) is 1. The van der Waals surface area contributed by atoms with Crippen LogP contribution in [0.15, 0.2) is 24.3 Å². The molecule has 0 aromatic heterocycles. The van der Waals surface area contributed by atoms with Crippen molar-refractivity contribution in [3.63, 3.8) is 0 Å². The van der Waals surface area contributed by atoms with Crippen molar-refractivity contribution in [2.45, 2.75) is 13.0 Å². The predicted molar refractivity (Wildman–Crippen MR) is 49.0 cm³/mol. The van der Waals surface area contributed by atoms with Crippen LogP contribution >= 0.6 is 0 Å². The Morgan fingerprint density at radius 3 is 2.62 bits per heavy atom. The van der Waals surface area contributed by atoms with Gasteiger partial charge in [0.2, 0.25) is 0 Å².